The fourth-order valence-electron chi connectivity index (χ4n) is 5.23. The summed E-state index contributed by atoms with van der Waals surface area (Å²) in [4.78, 5) is 19.8. The smallest absolute Gasteiger partial charge is 0.198 e. The number of fused-ring (bicyclic) bond motifs is 1. The van der Waals surface area contributed by atoms with E-state index in [0.717, 1.165) is 59.4 Å². The highest BCUT2D eigenvalue weighted by atomic mass is 79.9. The predicted molar refractivity (Wildman–Crippen MR) is 137 cm³/mol. The van der Waals surface area contributed by atoms with E-state index in [-0.39, 0.29) is 5.43 Å². The molecule has 0 saturated carbocycles. The van der Waals surface area contributed by atoms with Crippen molar-refractivity contribution >= 4 is 26.8 Å². The molecule has 168 valence electrons. The molecule has 1 aliphatic rings. The maximum absolute atomic E-state index is 13.3. The molecule has 2 heterocycles. The minimum absolute atomic E-state index is 0.163. The van der Waals surface area contributed by atoms with Gasteiger partial charge in [0, 0.05) is 32.2 Å². The van der Waals surface area contributed by atoms with E-state index in [1.165, 1.54) is 16.0 Å². The van der Waals surface area contributed by atoms with Gasteiger partial charge in [-0.25, -0.2) is 0 Å². The number of pyridine rings is 1. The van der Waals surface area contributed by atoms with Crippen molar-refractivity contribution < 1.29 is 9.80 Å². The van der Waals surface area contributed by atoms with Crippen LogP contribution in [0.4, 0.5) is 0 Å². The van der Waals surface area contributed by atoms with Crippen molar-refractivity contribution in [1.29, 1.82) is 0 Å². The molecule has 5 rings (SSSR count). The molecular formula is C28H30BrN3O+2. The molecule has 1 saturated heterocycles. The number of aromatic amines is 1. The lowest BCUT2D eigenvalue weighted by Crippen LogP contribution is -3.27. The van der Waals surface area contributed by atoms with Gasteiger partial charge in [0.2, 0.25) is 0 Å². The quantitative estimate of drug-likeness (QED) is 0.385. The summed E-state index contributed by atoms with van der Waals surface area (Å²) in [7, 11) is 0. The molecule has 4 aromatic rings. The summed E-state index contributed by atoms with van der Waals surface area (Å²) < 4.78 is 0.938. The summed E-state index contributed by atoms with van der Waals surface area (Å²) in [5.74, 6) is 0. The second kappa shape index (κ2) is 9.64. The predicted octanol–water partition coefficient (Wildman–Crippen LogP) is 2.67. The Morgan fingerprint density at radius 2 is 1.48 bits per heavy atom. The van der Waals surface area contributed by atoms with Crippen molar-refractivity contribution in [2.75, 3.05) is 26.2 Å². The molecule has 0 radical (unpaired) electrons. The third-order valence-corrected chi connectivity index (χ3v) is 7.47. The van der Waals surface area contributed by atoms with Crippen molar-refractivity contribution in [3.63, 3.8) is 0 Å². The summed E-state index contributed by atoms with van der Waals surface area (Å²) in [5.41, 5.74) is 5.72. The van der Waals surface area contributed by atoms with Gasteiger partial charge in [-0.15, -0.1) is 0 Å². The number of hydrogen-bond donors (Lipinski definition) is 3. The standard InChI is InChI=1S/C28H28BrN3O/c1-20-25(28(33)24-18-23(29)12-13-26(24)30-20)19-31-14-16-32(17-15-31)27(21-8-4-2-5-9-21)22-10-6-3-7-11-22/h2-13,18,27H,14-17,19H2,1H3,(H,30,33)/p+2. The third kappa shape index (κ3) is 4.67. The van der Waals surface area contributed by atoms with Crippen LogP contribution in [0.5, 0.6) is 0 Å². The van der Waals surface area contributed by atoms with E-state index in [1.807, 2.05) is 25.1 Å². The number of H-pyrrole nitrogens is 1. The van der Waals surface area contributed by atoms with Crippen LogP contribution >= 0.6 is 15.9 Å². The lowest BCUT2D eigenvalue weighted by atomic mass is 9.96. The first-order valence-electron chi connectivity index (χ1n) is 11.7. The Kier molecular flexibility index (Phi) is 6.45. The number of aryl methyl sites for hydroxylation is 1. The van der Waals surface area contributed by atoms with Gasteiger partial charge in [0.25, 0.3) is 0 Å². The van der Waals surface area contributed by atoms with E-state index in [0.29, 0.717) is 6.04 Å². The Bertz CT molecular complexity index is 1260. The number of benzene rings is 3. The monoisotopic (exact) mass is 503 g/mol. The van der Waals surface area contributed by atoms with Crippen LogP contribution in [-0.4, -0.2) is 31.2 Å². The van der Waals surface area contributed by atoms with Crippen LogP contribution in [0.15, 0.2) is 88.1 Å². The average Bonchev–Trinajstić information content (AvgIpc) is 2.85. The highest BCUT2D eigenvalue weighted by Crippen LogP contribution is 2.19. The maximum Gasteiger partial charge on any atom is 0.198 e. The Hall–Kier alpha value is -2.73. The van der Waals surface area contributed by atoms with Crippen LogP contribution in [-0.2, 0) is 6.54 Å². The number of hydrogen-bond acceptors (Lipinski definition) is 1. The fraction of sp³-hybridized carbons (Fsp3) is 0.250. The molecule has 3 N–H and O–H groups in total. The van der Waals surface area contributed by atoms with Crippen LogP contribution in [0.25, 0.3) is 10.9 Å². The Balaban J connectivity index is 1.35. The van der Waals surface area contributed by atoms with Gasteiger partial charge >= 0.3 is 0 Å². The molecule has 33 heavy (non-hydrogen) atoms. The zero-order chi connectivity index (χ0) is 22.8. The van der Waals surface area contributed by atoms with E-state index in [2.05, 4.69) is 81.6 Å². The lowest BCUT2D eigenvalue weighted by Gasteiger charge is -2.35. The normalized spacial score (nSPS) is 18.6. The molecule has 0 bridgehead atoms. The molecule has 1 aromatic heterocycles. The van der Waals surface area contributed by atoms with E-state index in [4.69, 9.17) is 0 Å². The van der Waals surface area contributed by atoms with Crippen LogP contribution in [0.3, 0.4) is 0 Å². The van der Waals surface area contributed by atoms with Crippen LogP contribution in [0, 0.1) is 6.92 Å². The summed E-state index contributed by atoms with van der Waals surface area (Å²) in [6, 6.07) is 27.9. The van der Waals surface area contributed by atoms with Gasteiger partial charge in [0.15, 0.2) is 5.43 Å². The number of quaternary nitrogens is 2. The largest absolute Gasteiger partial charge is 0.358 e. The Labute approximate surface area is 203 Å². The highest BCUT2D eigenvalue weighted by Gasteiger charge is 2.32. The minimum atomic E-state index is 0.163. The van der Waals surface area contributed by atoms with Gasteiger partial charge in [0.05, 0.1) is 5.56 Å². The van der Waals surface area contributed by atoms with Gasteiger partial charge in [-0.3, -0.25) is 4.79 Å². The Morgan fingerprint density at radius 3 is 2.09 bits per heavy atom. The van der Waals surface area contributed by atoms with E-state index >= 15 is 0 Å². The fourth-order valence-corrected chi connectivity index (χ4v) is 5.59. The number of rotatable bonds is 5. The number of piperazine rings is 1. The summed E-state index contributed by atoms with van der Waals surface area (Å²) in [6.45, 7) is 7.08. The molecular weight excluding hydrogens is 474 g/mol. The Morgan fingerprint density at radius 1 is 0.879 bits per heavy atom. The summed E-state index contributed by atoms with van der Waals surface area (Å²) in [6.07, 6.45) is 0. The first-order valence-corrected chi connectivity index (χ1v) is 12.5. The zero-order valence-corrected chi connectivity index (χ0v) is 20.5. The number of nitrogens with one attached hydrogen (secondary N) is 3. The van der Waals surface area contributed by atoms with E-state index in [9.17, 15) is 4.79 Å². The average molecular weight is 504 g/mol. The van der Waals surface area contributed by atoms with Gasteiger partial charge in [-0.2, -0.15) is 0 Å². The first kappa shape index (κ1) is 22.1. The molecule has 0 amide bonds. The SMILES string of the molecule is Cc1[nH]c2ccc(Br)cc2c(=O)c1C[NH+]1CC[NH+](C(c2ccccc2)c2ccccc2)CC1. The maximum atomic E-state index is 13.3. The second-order valence-corrected chi connectivity index (χ2v) is 10.0. The summed E-state index contributed by atoms with van der Waals surface area (Å²) in [5, 5.41) is 0.766. The molecule has 4 nitrogen and oxygen atoms in total. The third-order valence-electron chi connectivity index (χ3n) is 6.98. The molecule has 0 atom stereocenters. The molecule has 0 aliphatic carbocycles. The van der Waals surface area contributed by atoms with Crippen molar-refractivity contribution in [2.24, 2.45) is 0 Å². The van der Waals surface area contributed by atoms with Crippen molar-refractivity contribution in [2.45, 2.75) is 19.5 Å². The summed E-state index contributed by atoms with van der Waals surface area (Å²) >= 11 is 3.51. The van der Waals surface area contributed by atoms with Crippen molar-refractivity contribution in [1.82, 2.24) is 4.98 Å². The molecule has 5 heteroatoms. The van der Waals surface area contributed by atoms with Crippen molar-refractivity contribution in [3.05, 3.63) is 116 Å². The molecule has 0 unspecified atom stereocenters. The zero-order valence-electron chi connectivity index (χ0n) is 18.9. The molecule has 1 aliphatic heterocycles. The molecule has 0 spiro atoms. The van der Waals surface area contributed by atoms with Gasteiger partial charge < -0.3 is 14.8 Å². The van der Waals surface area contributed by atoms with E-state index in [1.54, 1.807) is 4.90 Å². The highest BCUT2D eigenvalue weighted by molar-refractivity contribution is 9.10. The van der Waals surface area contributed by atoms with Crippen LogP contribution in [0.1, 0.15) is 28.4 Å². The first-order chi connectivity index (χ1) is 16.1. The number of halogens is 1. The number of aromatic nitrogens is 1. The van der Waals surface area contributed by atoms with Crippen LogP contribution < -0.4 is 15.2 Å². The minimum Gasteiger partial charge on any atom is -0.358 e. The topological polar surface area (TPSA) is 41.7 Å². The second-order valence-electron chi connectivity index (χ2n) is 9.09. The van der Waals surface area contributed by atoms with Gasteiger partial charge in [-0.05, 0) is 25.1 Å². The molecule has 3 aromatic carbocycles. The lowest BCUT2D eigenvalue weighted by molar-refractivity contribution is -1.03. The van der Waals surface area contributed by atoms with Gasteiger partial charge in [0.1, 0.15) is 38.8 Å². The molecule has 1 fully saturated rings. The van der Waals surface area contributed by atoms with Gasteiger partial charge in [-0.1, -0.05) is 76.6 Å². The van der Waals surface area contributed by atoms with Crippen LogP contribution in [0.2, 0.25) is 0 Å². The van der Waals surface area contributed by atoms with E-state index < -0.39 is 0 Å². The van der Waals surface area contributed by atoms with Crippen molar-refractivity contribution in [3.8, 4) is 0 Å².